The summed E-state index contributed by atoms with van der Waals surface area (Å²) < 4.78 is 13.6. The minimum Gasteiger partial charge on any atom is -0.384 e. The van der Waals surface area contributed by atoms with Crippen LogP contribution in [0, 0.1) is 5.82 Å². The van der Waals surface area contributed by atoms with E-state index in [1.54, 1.807) is 18.3 Å². The molecule has 2 rings (SSSR count). The molecule has 0 saturated heterocycles. The normalized spacial score (nSPS) is 10.2. The Hall–Kier alpha value is -2.14. The maximum atomic E-state index is 13.6. The highest BCUT2D eigenvalue weighted by molar-refractivity contribution is 6.30. The topological polar surface area (TPSA) is 54.0 Å². The fourth-order valence-electron chi connectivity index (χ4n) is 1.61. The van der Waals surface area contributed by atoms with Gasteiger partial charge < -0.3 is 10.6 Å². The van der Waals surface area contributed by atoms with Crippen LogP contribution in [0.1, 0.15) is 17.4 Å². The van der Waals surface area contributed by atoms with E-state index in [4.69, 9.17) is 11.6 Å². The Bertz CT molecular complexity index is 616. The number of carbonyl (C=O) groups is 1. The molecule has 1 heterocycles. The largest absolute Gasteiger partial charge is 0.384 e. The average molecular weight is 294 g/mol. The molecule has 0 bridgehead atoms. The Morgan fingerprint density at radius 3 is 2.75 bits per heavy atom. The van der Waals surface area contributed by atoms with Gasteiger partial charge in [0.25, 0.3) is 5.91 Å². The van der Waals surface area contributed by atoms with Crippen molar-refractivity contribution < 1.29 is 9.18 Å². The Morgan fingerprint density at radius 1 is 1.35 bits per heavy atom. The number of hydrogen-bond donors (Lipinski definition) is 2. The number of nitrogens with one attached hydrogen (secondary N) is 2. The van der Waals surface area contributed by atoms with Crippen LogP contribution in [0.2, 0.25) is 5.02 Å². The maximum Gasteiger partial charge on any atom is 0.274 e. The minimum absolute atomic E-state index is 0.0666. The molecular formula is C14H13ClFN3O. The molecule has 104 valence electrons. The first-order valence-electron chi connectivity index (χ1n) is 6.06. The SMILES string of the molecule is CCNc1ccc(C(=O)Nc2ccc(Cl)cc2F)nc1. The third-order valence-corrected chi connectivity index (χ3v) is 2.79. The highest BCUT2D eigenvalue weighted by Crippen LogP contribution is 2.19. The number of amides is 1. The number of hydrogen-bond acceptors (Lipinski definition) is 3. The van der Waals surface area contributed by atoms with E-state index < -0.39 is 11.7 Å². The van der Waals surface area contributed by atoms with Crippen molar-refractivity contribution >= 4 is 28.9 Å². The predicted octanol–water partition coefficient (Wildman–Crippen LogP) is 3.56. The molecule has 0 spiro atoms. The minimum atomic E-state index is -0.588. The third-order valence-electron chi connectivity index (χ3n) is 2.56. The van der Waals surface area contributed by atoms with Crippen molar-refractivity contribution in [2.75, 3.05) is 17.2 Å². The molecule has 2 N–H and O–H groups in total. The van der Waals surface area contributed by atoms with Crippen LogP contribution in [-0.4, -0.2) is 17.4 Å². The Kier molecular flexibility index (Phi) is 4.53. The van der Waals surface area contributed by atoms with Gasteiger partial charge in [0, 0.05) is 11.6 Å². The van der Waals surface area contributed by atoms with Gasteiger partial charge in [0.05, 0.1) is 17.6 Å². The second kappa shape index (κ2) is 6.34. The lowest BCUT2D eigenvalue weighted by Gasteiger charge is -2.07. The number of benzene rings is 1. The highest BCUT2D eigenvalue weighted by Gasteiger charge is 2.10. The molecule has 2 aromatic rings. The molecule has 1 aromatic heterocycles. The zero-order valence-electron chi connectivity index (χ0n) is 10.8. The summed E-state index contributed by atoms with van der Waals surface area (Å²) in [5.74, 6) is -1.07. The summed E-state index contributed by atoms with van der Waals surface area (Å²) in [7, 11) is 0. The number of pyridine rings is 1. The van der Waals surface area contributed by atoms with Gasteiger partial charge in [0.15, 0.2) is 0 Å². The summed E-state index contributed by atoms with van der Waals surface area (Å²) in [4.78, 5) is 15.9. The smallest absolute Gasteiger partial charge is 0.274 e. The van der Waals surface area contributed by atoms with Gasteiger partial charge >= 0.3 is 0 Å². The van der Waals surface area contributed by atoms with Gasteiger partial charge in [-0.25, -0.2) is 9.37 Å². The van der Waals surface area contributed by atoms with E-state index in [2.05, 4.69) is 15.6 Å². The quantitative estimate of drug-likeness (QED) is 0.906. The molecule has 0 radical (unpaired) electrons. The molecule has 0 saturated carbocycles. The molecule has 0 aliphatic heterocycles. The molecule has 1 amide bonds. The number of anilines is 2. The second-order valence-corrected chi connectivity index (χ2v) is 4.48. The molecule has 0 aliphatic rings. The first kappa shape index (κ1) is 14.3. The van der Waals surface area contributed by atoms with Crippen LogP contribution in [0.3, 0.4) is 0 Å². The standard InChI is InChI=1S/C14H13ClFN3O/c1-2-17-10-4-6-13(18-8-10)14(20)19-12-5-3-9(15)7-11(12)16/h3-8,17H,2H2,1H3,(H,19,20). The monoisotopic (exact) mass is 293 g/mol. The van der Waals surface area contributed by atoms with E-state index in [0.29, 0.717) is 0 Å². The zero-order valence-corrected chi connectivity index (χ0v) is 11.5. The molecule has 0 unspecified atom stereocenters. The molecule has 20 heavy (non-hydrogen) atoms. The molecule has 6 heteroatoms. The van der Waals surface area contributed by atoms with Gasteiger partial charge in [-0.3, -0.25) is 4.79 Å². The molecule has 4 nitrogen and oxygen atoms in total. The number of aromatic nitrogens is 1. The van der Waals surface area contributed by atoms with Gasteiger partial charge in [-0.1, -0.05) is 11.6 Å². The van der Waals surface area contributed by atoms with Gasteiger partial charge in [-0.2, -0.15) is 0 Å². The van der Waals surface area contributed by atoms with E-state index in [-0.39, 0.29) is 16.4 Å². The molecule has 0 fully saturated rings. The van der Waals surface area contributed by atoms with Crippen molar-refractivity contribution in [1.29, 1.82) is 0 Å². The van der Waals surface area contributed by atoms with Crippen LogP contribution in [0.15, 0.2) is 36.5 Å². The van der Waals surface area contributed by atoms with Gasteiger partial charge in [0.1, 0.15) is 11.5 Å². The van der Waals surface area contributed by atoms with Crippen molar-refractivity contribution in [3.63, 3.8) is 0 Å². The summed E-state index contributed by atoms with van der Waals surface area (Å²) >= 11 is 5.65. The number of nitrogens with zero attached hydrogens (tertiary/aromatic N) is 1. The third kappa shape index (κ3) is 3.45. The van der Waals surface area contributed by atoms with Crippen molar-refractivity contribution in [2.45, 2.75) is 6.92 Å². The predicted molar refractivity (Wildman–Crippen MR) is 77.8 cm³/mol. The summed E-state index contributed by atoms with van der Waals surface area (Å²) in [5.41, 5.74) is 1.10. The Balaban J connectivity index is 2.11. The average Bonchev–Trinajstić information content (AvgIpc) is 2.43. The first-order chi connectivity index (χ1) is 9.60. The zero-order chi connectivity index (χ0) is 14.5. The Labute approximate surface area is 121 Å². The summed E-state index contributed by atoms with van der Waals surface area (Å²) in [5, 5.41) is 5.79. The van der Waals surface area contributed by atoms with Crippen LogP contribution < -0.4 is 10.6 Å². The van der Waals surface area contributed by atoms with Gasteiger partial charge in [-0.05, 0) is 37.3 Å². The van der Waals surface area contributed by atoms with E-state index in [1.165, 1.54) is 12.1 Å². The molecule has 1 aromatic carbocycles. The summed E-state index contributed by atoms with van der Waals surface area (Å²) in [6.45, 7) is 2.73. The van der Waals surface area contributed by atoms with Crippen LogP contribution >= 0.6 is 11.6 Å². The molecule has 0 atom stereocenters. The van der Waals surface area contributed by atoms with Crippen molar-refractivity contribution in [1.82, 2.24) is 4.98 Å². The number of rotatable bonds is 4. The fourth-order valence-corrected chi connectivity index (χ4v) is 1.77. The Morgan fingerprint density at radius 2 is 2.15 bits per heavy atom. The van der Waals surface area contributed by atoms with Crippen LogP contribution in [0.5, 0.6) is 0 Å². The molecular weight excluding hydrogens is 281 g/mol. The van der Waals surface area contributed by atoms with Crippen molar-refractivity contribution in [2.24, 2.45) is 0 Å². The highest BCUT2D eigenvalue weighted by atomic mass is 35.5. The number of halogens is 2. The summed E-state index contributed by atoms with van der Waals surface area (Å²) in [6.07, 6.45) is 1.55. The lowest BCUT2D eigenvalue weighted by atomic mass is 10.2. The van der Waals surface area contributed by atoms with Crippen molar-refractivity contribution in [3.8, 4) is 0 Å². The lowest BCUT2D eigenvalue weighted by molar-refractivity contribution is 0.102. The van der Waals surface area contributed by atoms with E-state index in [9.17, 15) is 9.18 Å². The van der Waals surface area contributed by atoms with E-state index >= 15 is 0 Å². The van der Waals surface area contributed by atoms with Gasteiger partial charge in [-0.15, -0.1) is 0 Å². The summed E-state index contributed by atoms with van der Waals surface area (Å²) in [6, 6.07) is 7.36. The number of carbonyl (C=O) groups excluding carboxylic acids is 1. The van der Waals surface area contributed by atoms with Crippen LogP contribution in [-0.2, 0) is 0 Å². The van der Waals surface area contributed by atoms with E-state index in [0.717, 1.165) is 18.3 Å². The maximum absolute atomic E-state index is 13.6. The fraction of sp³-hybridized carbons (Fsp3) is 0.143. The van der Waals surface area contributed by atoms with Gasteiger partial charge in [0.2, 0.25) is 0 Å². The lowest BCUT2D eigenvalue weighted by Crippen LogP contribution is -2.14. The van der Waals surface area contributed by atoms with Crippen LogP contribution in [0.4, 0.5) is 15.8 Å². The first-order valence-corrected chi connectivity index (χ1v) is 6.44. The van der Waals surface area contributed by atoms with E-state index in [1.807, 2.05) is 6.92 Å². The molecule has 0 aliphatic carbocycles. The van der Waals surface area contributed by atoms with Crippen LogP contribution in [0.25, 0.3) is 0 Å². The van der Waals surface area contributed by atoms with Crippen molar-refractivity contribution in [3.05, 3.63) is 53.1 Å². The second-order valence-electron chi connectivity index (χ2n) is 4.04.